The molecular formula is C16H10ClN3O3S2. The van der Waals surface area contributed by atoms with Crippen molar-refractivity contribution in [2.24, 2.45) is 0 Å². The van der Waals surface area contributed by atoms with Gasteiger partial charge in [-0.15, -0.1) is 11.3 Å². The number of hydrogen-bond acceptors (Lipinski definition) is 6. The standard InChI is InChI=1S/C16H10ClN3O3S2/c17-8-3-1-2-7(4-8)5-11-18-13(21)9-6-10(24-15(9)19-11)12-14(22)20-16(23)25-12/h1-4,6,12H,5H2,(H,18,19,21)(H,20,22,23). The lowest BCUT2D eigenvalue weighted by Gasteiger charge is -2.02. The number of carbonyl (C=O) groups excluding carboxylic acids is 2. The predicted octanol–water partition coefficient (Wildman–Crippen LogP) is 3.25. The van der Waals surface area contributed by atoms with Gasteiger partial charge in [0, 0.05) is 16.3 Å². The zero-order valence-electron chi connectivity index (χ0n) is 12.5. The Bertz CT molecular complexity index is 1080. The van der Waals surface area contributed by atoms with Crippen LogP contribution < -0.4 is 10.9 Å². The molecule has 2 N–H and O–H groups in total. The van der Waals surface area contributed by atoms with Crippen molar-refractivity contribution < 1.29 is 9.59 Å². The molecule has 1 aromatic carbocycles. The molecule has 0 aliphatic carbocycles. The van der Waals surface area contributed by atoms with Gasteiger partial charge in [-0.05, 0) is 35.5 Å². The first-order valence-corrected chi connectivity index (χ1v) is 9.35. The number of thioether (sulfide) groups is 1. The second-order valence-electron chi connectivity index (χ2n) is 5.46. The molecule has 1 saturated heterocycles. The number of rotatable bonds is 3. The minimum atomic E-state index is -0.623. The van der Waals surface area contributed by atoms with Crippen molar-refractivity contribution in [1.82, 2.24) is 15.3 Å². The lowest BCUT2D eigenvalue weighted by Crippen LogP contribution is -2.20. The molecule has 1 aliphatic rings. The van der Waals surface area contributed by atoms with Crippen LogP contribution in [-0.2, 0) is 11.2 Å². The Morgan fingerprint density at radius 1 is 1.20 bits per heavy atom. The Labute approximate surface area is 154 Å². The van der Waals surface area contributed by atoms with Gasteiger partial charge in [-0.1, -0.05) is 23.7 Å². The molecule has 4 rings (SSSR count). The lowest BCUT2D eigenvalue weighted by molar-refractivity contribution is -0.119. The number of thiophene rings is 1. The van der Waals surface area contributed by atoms with Crippen LogP contribution in [0.25, 0.3) is 10.2 Å². The minimum Gasteiger partial charge on any atom is -0.310 e. The van der Waals surface area contributed by atoms with E-state index in [1.165, 1.54) is 11.3 Å². The van der Waals surface area contributed by atoms with Gasteiger partial charge >= 0.3 is 0 Å². The quantitative estimate of drug-likeness (QED) is 0.715. The molecule has 1 fully saturated rings. The summed E-state index contributed by atoms with van der Waals surface area (Å²) in [4.78, 5) is 43.9. The van der Waals surface area contributed by atoms with Gasteiger partial charge in [0.1, 0.15) is 15.9 Å². The average molecular weight is 392 g/mol. The molecule has 6 nitrogen and oxygen atoms in total. The molecule has 1 aliphatic heterocycles. The maximum Gasteiger partial charge on any atom is 0.286 e. The summed E-state index contributed by atoms with van der Waals surface area (Å²) in [5.74, 6) is 0.157. The fourth-order valence-corrected chi connectivity index (χ4v) is 4.85. The van der Waals surface area contributed by atoms with E-state index in [0.29, 0.717) is 32.4 Å². The highest BCUT2D eigenvalue weighted by atomic mass is 35.5. The lowest BCUT2D eigenvalue weighted by atomic mass is 10.1. The zero-order valence-corrected chi connectivity index (χ0v) is 14.9. The number of halogens is 1. The Morgan fingerprint density at radius 3 is 2.76 bits per heavy atom. The normalized spacial score (nSPS) is 17.2. The Kier molecular flexibility index (Phi) is 4.10. The predicted molar refractivity (Wildman–Crippen MR) is 98.4 cm³/mol. The Morgan fingerprint density at radius 2 is 2.04 bits per heavy atom. The van der Waals surface area contributed by atoms with E-state index >= 15 is 0 Å². The fourth-order valence-electron chi connectivity index (χ4n) is 2.59. The summed E-state index contributed by atoms with van der Waals surface area (Å²) in [6.07, 6.45) is 0.441. The number of aromatic nitrogens is 2. The first-order chi connectivity index (χ1) is 12.0. The largest absolute Gasteiger partial charge is 0.310 e. The summed E-state index contributed by atoms with van der Waals surface area (Å²) in [5, 5.41) is 2.28. The molecular weight excluding hydrogens is 382 g/mol. The molecule has 126 valence electrons. The maximum atomic E-state index is 12.3. The Balaban J connectivity index is 1.71. The summed E-state index contributed by atoms with van der Waals surface area (Å²) < 4.78 is 0. The van der Waals surface area contributed by atoms with E-state index in [1.807, 2.05) is 18.2 Å². The van der Waals surface area contributed by atoms with Crippen LogP contribution in [0.2, 0.25) is 5.02 Å². The number of nitrogens with zero attached hydrogens (tertiary/aromatic N) is 1. The summed E-state index contributed by atoms with van der Waals surface area (Å²) in [5.41, 5.74) is 0.669. The van der Waals surface area contributed by atoms with E-state index in [1.54, 1.807) is 12.1 Å². The number of carbonyl (C=O) groups is 2. The fraction of sp³-hybridized carbons (Fsp3) is 0.125. The number of fused-ring (bicyclic) bond motifs is 1. The highest BCUT2D eigenvalue weighted by Gasteiger charge is 2.34. The second kappa shape index (κ2) is 6.29. The van der Waals surface area contributed by atoms with Crippen molar-refractivity contribution in [2.45, 2.75) is 11.7 Å². The first-order valence-electron chi connectivity index (χ1n) is 7.28. The number of benzene rings is 1. The van der Waals surface area contributed by atoms with Gasteiger partial charge < -0.3 is 4.98 Å². The SMILES string of the molecule is O=C1NC(=O)C(c2cc3c(=O)[nH]c(Cc4cccc(Cl)c4)nc3s2)S1. The topological polar surface area (TPSA) is 91.9 Å². The first kappa shape index (κ1) is 16.3. The van der Waals surface area contributed by atoms with E-state index in [0.717, 1.165) is 17.3 Å². The number of aromatic amines is 1. The van der Waals surface area contributed by atoms with E-state index in [2.05, 4.69) is 15.3 Å². The van der Waals surface area contributed by atoms with E-state index in [9.17, 15) is 14.4 Å². The van der Waals surface area contributed by atoms with Gasteiger partial charge in [-0.3, -0.25) is 19.7 Å². The maximum absolute atomic E-state index is 12.3. The monoisotopic (exact) mass is 391 g/mol. The minimum absolute atomic E-state index is 0.265. The van der Waals surface area contributed by atoms with Crippen molar-refractivity contribution >= 4 is 56.1 Å². The zero-order chi connectivity index (χ0) is 17.6. The summed E-state index contributed by atoms with van der Waals surface area (Å²) in [6, 6.07) is 8.97. The van der Waals surface area contributed by atoms with Gasteiger partial charge in [0.25, 0.3) is 10.8 Å². The molecule has 0 radical (unpaired) electrons. The molecule has 1 atom stereocenters. The summed E-state index contributed by atoms with van der Waals surface area (Å²) in [7, 11) is 0. The molecule has 3 aromatic rings. The average Bonchev–Trinajstić information content (AvgIpc) is 3.10. The molecule has 9 heteroatoms. The third-order valence-electron chi connectivity index (χ3n) is 3.68. The molecule has 2 amide bonds. The van der Waals surface area contributed by atoms with Crippen LogP contribution in [0.1, 0.15) is 21.5 Å². The number of H-pyrrole nitrogens is 1. The molecule has 0 spiro atoms. The van der Waals surface area contributed by atoms with Gasteiger partial charge in [0.15, 0.2) is 0 Å². The van der Waals surface area contributed by atoms with Gasteiger partial charge in [-0.25, -0.2) is 4.98 Å². The van der Waals surface area contributed by atoms with Gasteiger partial charge in [0.05, 0.1) is 5.39 Å². The van der Waals surface area contributed by atoms with Crippen molar-refractivity contribution in [1.29, 1.82) is 0 Å². The second-order valence-corrected chi connectivity index (χ2v) is 8.04. The van der Waals surface area contributed by atoms with Crippen LogP contribution in [-0.4, -0.2) is 21.1 Å². The third kappa shape index (κ3) is 3.20. The van der Waals surface area contributed by atoms with Crippen LogP contribution in [0, 0.1) is 0 Å². The van der Waals surface area contributed by atoms with Crippen LogP contribution in [0.3, 0.4) is 0 Å². The van der Waals surface area contributed by atoms with Crippen LogP contribution in [0.4, 0.5) is 4.79 Å². The molecule has 2 aromatic heterocycles. The number of nitrogens with one attached hydrogen (secondary N) is 2. The number of hydrogen-bond donors (Lipinski definition) is 2. The highest BCUT2D eigenvalue weighted by molar-refractivity contribution is 8.15. The van der Waals surface area contributed by atoms with Crippen molar-refractivity contribution in [3.63, 3.8) is 0 Å². The van der Waals surface area contributed by atoms with Gasteiger partial charge in [0.2, 0.25) is 5.91 Å². The highest BCUT2D eigenvalue weighted by Crippen LogP contribution is 2.39. The third-order valence-corrected chi connectivity index (χ3v) is 6.18. The van der Waals surface area contributed by atoms with E-state index < -0.39 is 5.25 Å². The van der Waals surface area contributed by atoms with E-state index in [-0.39, 0.29) is 16.7 Å². The molecule has 25 heavy (non-hydrogen) atoms. The van der Waals surface area contributed by atoms with Crippen LogP contribution in [0.15, 0.2) is 35.1 Å². The summed E-state index contributed by atoms with van der Waals surface area (Å²) in [6.45, 7) is 0. The van der Waals surface area contributed by atoms with Gasteiger partial charge in [-0.2, -0.15) is 0 Å². The summed E-state index contributed by atoms with van der Waals surface area (Å²) >= 11 is 8.14. The van der Waals surface area contributed by atoms with Crippen molar-refractivity contribution in [2.75, 3.05) is 0 Å². The Hall–Kier alpha value is -2.16. The van der Waals surface area contributed by atoms with Crippen LogP contribution >= 0.6 is 34.7 Å². The smallest absolute Gasteiger partial charge is 0.286 e. The molecule has 0 bridgehead atoms. The molecule has 1 unspecified atom stereocenters. The van der Waals surface area contributed by atoms with Crippen LogP contribution in [0.5, 0.6) is 0 Å². The van der Waals surface area contributed by atoms with Crippen molar-refractivity contribution in [3.8, 4) is 0 Å². The van der Waals surface area contributed by atoms with E-state index in [4.69, 9.17) is 11.6 Å². The number of amides is 2. The number of imide groups is 1. The molecule has 0 saturated carbocycles. The van der Waals surface area contributed by atoms with Crippen molar-refractivity contribution in [3.05, 3.63) is 62.0 Å². The molecule has 3 heterocycles.